The maximum Gasteiger partial charge on any atom is 0.232 e. The van der Waals surface area contributed by atoms with Crippen molar-refractivity contribution in [3.05, 3.63) is 35.7 Å². The second-order valence-corrected chi connectivity index (χ2v) is 5.49. The molecule has 20 heavy (non-hydrogen) atoms. The number of hydrogen-bond donors (Lipinski definition) is 1. The van der Waals surface area contributed by atoms with Gasteiger partial charge in [0.15, 0.2) is 0 Å². The zero-order valence-electron chi connectivity index (χ0n) is 12.5. The molecule has 0 radical (unpaired) electrons. The number of nitrogens with zero attached hydrogens (tertiary/aromatic N) is 2. The van der Waals surface area contributed by atoms with Crippen LogP contribution in [-0.2, 0) is 0 Å². The van der Waals surface area contributed by atoms with Crippen molar-refractivity contribution in [1.82, 2.24) is 10.1 Å². The summed E-state index contributed by atoms with van der Waals surface area (Å²) in [5.74, 6) is 1.48. The largest absolute Gasteiger partial charge is 0.393 e. The van der Waals surface area contributed by atoms with E-state index in [1.807, 2.05) is 19.1 Å². The van der Waals surface area contributed by atoms with Gasteiger partial charge in [0.1, 0.15) is 0 Å². The first-order valence-electron chi connectivity index (χ1n) is 7.15. The van der Waals surface area contributed by atoms with Crippen molar-refractivity contribution in [1.29, 1.82) is 0 Å². The molecule has 0 fully saturated rings. The summed E-state index contributed by atoms with van der Waals surface area (Å²) in [4.78, 5) is 4.41. The molecule has 0 amide bonds. The second-order valence-electron chi connectivity index (χ2n) is 5.49. The van der Waals surface area contributed by atoms with E-state index in [-0.39, 0.29) is 5.92 Å². The van der Waals surface area contributed by atoms with Crippen LogP contribution in [0.3, 0.4) is 0 Å². The quantitative estimate of drug-likeness (QED) is 0.902. The summed E-state index contributed by atoms with van der Waals surface area (Å²) in [6.45, 7) is 8.07. The first kappa shape index (κ1) is 14.7. The highest BCUT2D eigenvalue weighted by atomic mass is 16.5. The smallest absolute Gasteiger partial charge is 0.232 e. The molecule has 2 aromatic rings. The lowest BCUT2D eigenvalue weighted by Gasteiger charge is -2.12. The van der Waals surface area contributed by atoms with E-state index >= 15 is 0 Å². The van der Waals surface area contributed by atoms with Crippen LogP contribution < -0.4 is 0 Å². The topological polar surface area (TPSA) is 59.2 Å². The molecule has 1 aromatic carbocycles. The van der Waals surface area contributed by atoms with Crippen molar-refractivity contribution < 1.29 is 9.63 Å². The Hall–Kier alpha value is -1.68. The molecule has 2 unspecified atom stereocenters. The molecule has 0 saturated heterocycles. The molecule has 108 valence electrons. The SMILES string of the molecule is CCC(c1nc(-c2ccc(C(C)C)cc2)no1)C(C)O. The molecule has 1 N–H and O–H groups in total. The minimum Gasteiger partial charge on any atom is -0.393 e. The van der Waals surface area contributed by atoms with E-state index < -0.39 is 6.10 Å². The average molecular weight is 274 g/mol. The Labute approximate surface area is 119 Å². The zero-order chi connectivity index (χ0) is 14.7. The average Bonchev–Trinajstić information content (AvgIpc) is 2.88. The lowest BCUT2D eigenvalue weighted by molar-refractivity contribution is 0.141. The van der Waals surface area contributed by atoms with Crippen LogP contribution in [0.4, 0.5) is 0 Å². The minimum atomic E-state index is -0.489. The van der Waals surface area contributed by atoms with Gasteiger partial charge < -0.3 is 9.63 Å². The van der Waals surface area contributed by atoms with E-state index in [2.05, 4.69) is 36.1 Å². The molecule has 2 rings (SSSR count). The fourth-order valence-corrected chi connectivity index (χ4v) is 2.24. The van der Waals surface area contributed by atoms with Crippen molar-refractivity contribution in [2.45, 2.75) is 52.1 Å². The molecule has 4 heteroatoms. The van der Waals surface area contributed by atoms with Crippen LogP contribution in [0, 0.1) is 0 Å². The number of rotatable bonds is 5. The van der Waals surface area contributed by atoms with E-state index in [0.717, 1.165) is 12.0 Å². The summed E-state index contributed by atoms with van der Waals surface area (Å²) in [6.07, 6.45) is 0.280. The molecular weight excluding hydrogens is 252 g/mol. The molecule has 0 saturated carbocycles. The van der Waals surface area contributed by atoms with Crippen molar-refractivity contribution >= 4 is 0 Å². The number of aliphatic hydroxyl groups excluding tert-OH is 1. The first-order valence-corrected chi connectivity index (χ1v) is 7.15. The predicted octanol–water partition coefficient (Wildman–Crippen LogP) is 3.73. The Morgan fingerprint density at radius 2 is 1.80 bits per heavy atom. The fraction of sp³-hybridized carbons (Fsp3) is 0.500. The van der Waals surface area contributed by atoms with Gasteiger partial charge in [-0.05, 0) is 24.8 Å². The van der Waals surface area contributed by atoms with Crippen LogP contribution in [0.1, 0.15) is 57.4 Å². The molecule has 0 aliphatic rings. The van der Waals surface area contributed by atoms with Gasteiger partial charge in [-0.3, -0.25) is 0 Å². The normalized spacial score (nSPS) is 14.5. The highest BCUT2D eigenvalue weighted by Crippen LogP contribution is 2.25. The maximum atomic E-state index is 9.72. The lowest BCUT2D eigenvalue weighted by atomic mass is 10.0. The molecular formula is C16H22N2O2. The van der Waals surface area contributed by atoms with Crippen LogP contribution in [0.25, 0.3) is 11.4 Å². The third kappa shape index (κ3) is 3.07. The molecule has 0 bridgehead atoms. The summed E-state index contributed by atoms with van der Waals surface area (Å²) in [7, 11) is 0. The molecule has 1 heterocycles. The maximum absolute atomic E-state index is 9.72. The van der Waals surface area contributed by atoms with Crippen LogP contribution >= 0.6 is 0 Å². The van der Waals surface area contributed by atoms with Crippen LogP contribution in [0.2, 0.25) is 0 Å². The Bertz CT molecular complexity index is 544. The van der Waals surface area contributed by atoms with Gasteiger partial charge in [0.05, 0.1) is 12.0 Å². The first-order chi connectivity index (χ1) is 9.52. The van der Waals surface area contributed by atoms with Crippen molar-refractivity contribution in [2.24, 2.45) is 0 Å². The van der Waals surface area contributed by atoms with E-state index in [1.54, 1.807) is 6.92 Å². The van der Waals surface area contributed by atoms with Gasteiger partial charge >= 0.3 is 0 Å². The summed E-state index contributed by atoms with van der Waals surface area (Å²) < 4.78 is 5.29. The van der Waals surface area contributed by atoms with E-state index in [1.165, 1.54) is 5.56 Å². The number of aliphatic hydroxyl groups is 1. The summed E-state index contributed by atoms with van der Waals surface area (Å²) >= 11 is 0. The molecule has 0 aliphatic carbocycles. The van der Waals surface area contributed by atoms with Crippen LogP contribution in [0.5, 0.6) is 0 Å². The number of aromatic nitrogens is 2. The number of hydrogen-bond acceptors (Lipinski definition) is 4. The van der Waals surface area contributed by atoms with Crippen LogP contribution in [-0.4, -0.2) is 21.4 Å². The molecule has 0 spiro atoms. The Balaban J connectivity index is 2.24. The Morgan fingerprint density at radius 1 is 1.15 bits per heavy atom. The van der Waals surface area contributed by atoms with Gasteiger partial charge in [-0.1, -0.05) is 50.2 Å². The van der Waals surface area contributed by atoms with Crippen LogP contribution in [0.15, 0.2) is 28.8 Å². The summed E-state index contributed by atoms with van der Waals surface area (Å²) in [5.41, 5.74) is 2.22. The fourth-order valence-electron chi connectivity index (χ4n) is 2.24. The van der Waals surface area contributed by atoms with Gasteiger partial charge in [0, 0.05) is 5.56 Å². The van der Waals surface area contributed by atoms with E-state index in [0.29, 0.717) is 17.6 Å². The van der Waals surface area contributed by atoms with E-state index in [4.69, 9.17) is 4.52 Å². The molecule has 0 aliphatic heterocycles. The van der Waals surface area contributed by atoms with Crippen molar-refractivity contribution in [3.63, 3.8) is 0 Å². The highest BCUT2D eigenvalue weighted by Gasteiger charge is 2.22. The minimum absolute atomic E-state index is 0.105. The molecule has 4 nitrogen and oxygen atoms in total. The third-order valence-electron chi connectivity index (χ3n) is 3.62. The standard InChI is InChI=1S/C16H22N2O2/c1-5-14(11(4)19)16-17-15(18-20-16)13-8-6-12(7-9-13)10(2)3/h6-11,14,19H,5H2,1-4H3. The predicted molar refractivity (Wildman–Crippen MR) is 78.5 cm³/mol. The molecule has 1 aromatic heterocycles. The Kier molecular flexibility index (Phi) is 4.55. The highest BCUT2D eigenvalue weighted by molar-refractivity contribution is 5.54. The third-order valence-corrected chi connectivity index (χ3v) is 3.62. The van der Waals surface area contributed by atoms with Gasteiger partial charge in [0.2, 0.25) is 11.7 Å². The summed E-state index contributed by atoms with van der Waals surface area (Å²) in [6, 6.07) is 8.19. The second kappa shape index (κ2) is 6.18. The number of benzene rings is 1. The van der Waals surface area contributed by atoms with Gasteiger partial charge in [-0.25, -0.2) is 0 Å². The van der Waals surface area contributed by atoms with Gasteiger partial charge in [-0.2, -0.15) is 4.98 Å². The van der Waals surface area contributed by atoms with Gasteiger partial charge in [-0.15, -0.1) is 0 Å². The molecule has 2 atom stereocenters. The lowest BCUT2D eigenvalue weighted by Crippen LogP contribution is -2.13. The van der Waals surface area contributed by atoms with Crippen molar-refractivity contribution in [3.8, 4) is 11.4 Å². The monoisotopic (exact) mass is 274 g/mol. The summed E-state index contributed by atoms with van der Waals surface area (Å²) in [5, 5.41) is 13.7. The Morgan fingerprint density at radius 3 is 2.30 bits per heavy atom. The zero-order valence-corrected chi connectivity index (χ0v) is 12.5. The van der Waals surface area contributed by atoms with E-state index in [9.17, 15) is 5.11 Å². The van der Waals surface area contributed by atoms with Gasteiger partial charge in [0.25, 0.3) is 0 Å². The van der Waals surface area contributed by atoms with Crippen molar-refractivity contribution in [2.75, 3.05) is 0 Å².